The predicted molar refractivity (Wildman–Crippen MR) is 96.6 cm³/mol. The van der Waals surface area contributed by atoms with E-state index in [1.807, 2.05) is 4.90 Å². The van der Waals surface area contributed by atoms with Gasteiger partial charge < -0.3 is 9.80 Å². The van der Waals surface area contributed by atoms with Crippen LogP contribution in [-0.4, -0.2) is 52.4 Å². The standard InChI is InChI=1S/C19H34N6/c1-15(2)18(19-20-21-22-25(19)17-9-5-6-10-17)24-13-11-23(12-14-24)16-7-3-4-8-16/h15-18H,3-14H2,1-2H3/p+2/t18-/m1/s1. The summed E-state index contributed by atoms with van der Waals surface area (Å²) in [5.74, 6) is 1.73. The highest BCUT2D eigenvalue weighted by Crippen LogP contribution is 2.31. The summed E-state index contributed by atoms with van der Waals surface area (Å²) < 4.78 is 2.20. The summed E-state index contributed by atoms with van der Waals surface area (Å²) in [6.07, 6.45) is 11.0. The fourth-order valence-electron chi connectivity index (χ4n) is 5.71. The zero-order valence-corrected chi connectivity index (χ0v) is 16.1. The van der Waals surface area contributed by atoms with Gasteiger partial charge in [0.1, 0.15) is 26.2 Å². The molecule has 1 aromatic heterocycles. The van der Waals surface area contributed by atoms with Crippen molar-refractivity contribution in [2.24, 2.45) is 5.92 Å². The molecular weight excluding hydrogens is 312 g/mol. The summed E-state index contributed by atoms with van der Waals surface area (Å²) in [4.78, 5) is 3.59. The van der Waals surface area contributed by atoms with E-state index in [0.717, 1.165) is 11.9 Å². The smallest absolute Gasteiger partial charge is 0.209 e. The minimum Gasteiger partial charge on any atom is -0.323 e. The number of hydrogen-bond acceptors (Lipinski definition) is 3. The molecule has 1 aromatic rings. The van der Waals surface area contributed by atoms with Crippen LogP contribution in [0.2, 0.25) is 0 Å². The van der Waals surface area contributed by atoms with Gasteiger partial charge in [-0.15, -0.1) is 5.10 Å². The molecule has 0 radical (unpaired) electrons. The lowest BCUT2D eigenvalue weighted by molar-refractivity contribution is -1.04. The summed E-state index contributed by atoms with van der Waals surface area (Å²) >= 11 is 0. The molecule has 2 N–H and O–H groups in total. The van der Waals surface area contributed by atoms with Crippen molar-refractivity contribution >= 4 is 0 Å². The molecule has 1 atom stereocenters. The minimum absolute atomic E-state index is 0.445. The molecule has 6 nitrogen and oxygen atoms in total. The monoisotopic (exact) mass is 348 g/mol. The molecule has 2 heterocycles. The van der Waals surface area contributed by atoms with Gasteiger partial charge in [0.15, 0.2) is 6.04 Å². The van der Waals surface area contributed by atoms with E-state index >= 15 is 0 Å². The Morgan fingerprint density at radius 2 is 1.56 bits per heavy atom. The third-order valence-electron chi connectivity index (χ3n) is 7.04. The molecule has 0 spiro atoms. The number of rotatable bonds is 5. The van der Waals surface area contributed by atoms with Gasteiger partial charge in [0.05, 0.1) is 12.1 Å². The Morgan fingerprint density at radius 3 is 2.20 bits per heavy atom. The first-order valence-corrected chi connectivity index (χ1v) is 10.7. The third kappa shape index (κ3) is 3.61. The van der Waals surface area contributed by atoms with Crippen molar-refractivity contribution in [1.29, 1.82) is 0 Å². The third-order valence-corrected chi connectivity index (χ3v) is 7.04. The first kappa shape index (κ1) is 17.4. The summed E-state index contributed by atoms with van der Waals surface area (Å²) in [6.45, 7) is 9.89. The fraction of sp³-hybridized carbons (Fsp3) is 0.947. The van der Waals surface area contributed by atoms with Gasteiger partial charge in [-0.1, -0.05) is 26.7 Å². The van der Waals surface area contributed by atoms with Gasteiger partial charge in [0.2, 0.25) is 5.82 Å². The summed E-state index contributed by atoms with van der Waals surface area (Å²) in [6, 6.07) is 1.93. The van der Waals surface area contributed by atoms with Crippen molar-refractivity contribution in [3.05, 3.63) is 5.82 Å². The van der Waals surface area contributed by atoms with Crippen LogP contribution in [0.15, 0.2) is 0 Å². The summed E-state index contributed by atoms with van der Waals surface area (Å²) in [7, 11) is 0. The van der Waals surface area contributed by atoms with Crippen molar-refractivity contribution in [2.75, 3.05) is 26.2 Å². The van der Waals surface area contributed by atoms with Crippen LogP contribution in [0.3, 0.4) is 0 Å². The van der Waals surface area contributed by atoms with Crippen LogP contribution < -0.4 is 9.80 Å². The average Bonchev–Trinajstić information content (AvgIpc) is 3.37. The predicted octanol–water partition coefficient (Wildman–Crippen LogP) is 0.211. The van der Waals surface area contributed by atoms with Gasteiger partial charge in [-0.05, 0) is 49.0 Å². The number of nitrogens with zero attached hydrogens (tertiary/aromatic N) is 4. The molecule has 1 saturated heterocycles. The molecular formula is C19H36N6+2. The van der Waals surface area contributed by atoms with Gasteiger partial charge in [0, 0.05) is 5.92 Å². The van der Waals surface area contributed by atoms with E-state index in [1.165, 1.54) is 77.5 Å². The Bertz CT molecular complexity index is 536. The van der Waals surface area contributed by atoms with Crippen LogP contribution in [0.5, 0.6) is 0 Å². The highest BCUT2D eigenvalue weighted by atomic mass is 15.6. The molecule has 0 bridgehead atoms. The molecule has 2 saturated carbocycles. The fourth-order valence-corrected chi connectivity index (χ4v) is 5.71. The van der Waals surface area contributed by atoms with Crippen molar-refractivity contribution < 1.29 is 9.80 Å². The number of piperazine rings is 1. The maximum Gasteiger partial charge on any atom is 0.209 e. The zero-order chi connectivity index (χ0) is 17.2. The Kier molecular flexibility index (Phi) is 5.36. The second-order valence-electron chi connectivity index (χ2n) is 8.94. The second-order valence-corrected chi connectivity index (χ2v) is 8.94. The summed E-state index contributed by atoms with van der Waals surface area (Å²) in [5, 5.41) is 13.0. The van der Waals surface area contributed by atoms with Gasteiger partial charge in [-0.25, -0.2) is 4.68 Å². The Labute approximate surface area is 151 Å². The number of tetrazole rings is 1. The maximum absolute atomic E-state index is 4.53. The molecule has 3 aliphatic rings. The molecule has 140 valence electrons. The molecule has 0 amide bonds. The van der Waals surface area contributed by atoms with Crippen molar-refractivity contribution in [3.8, 4) is 0 Å². The van der Waals surface area contributed by atoms with Crippen LogP contribution in [0.25, 0.3) is 0 Å². The van der Waals surface area contributed by atoms with Gasteiger partial charge in [-0.2, -0.15) is 0 Å². The molecule has 25 heavy (non-hydrogen) atoms. The molecule has 3 fully saturated rings. The maximum atomic E-state index is 4.53. The van der Waals surface area contributed by atoms with Crippen LogP contribution in [-0.2, 0) is 0 Å². The highest BCUT2D eigenvalue weighted by molar-refractivity contribution is 4.93. The van der Waals surface area contributed by atoms with Crippen LogP contribution in [0.4, 0.5) is 0 Å². The summed E-state index contributed by atoms with van der Waals surface area (Å²) in [5.41, 5.74) is 0. The minimum atomic E-state index is 0.445. The quantitative estimate of drug-likeness (QED) is 0.800. The molecule has 4 rings (SSSR count). The van der Waals surface area contributed by atoms with Crippen molar-refractivity contribution in [2.45, 2.75) is 83.3 Å². The molecule has 0 unspecified atom stereocenters. The largest absolute Gasteiger partial charge is 0.323 e. The Morgan fingerprint density at radius 1 is 0.920 bits per heavy atom. The SMILES string of the molecule is CC(C)[C@H](c1nnnn1C1CCCC1)[NH+]1CC[NH+](C2CCCC2)CC1. The van der Waals surface area contributed by atoms with E-state index in [4.69, 9.17) is 0 Å². The van der Waals surface area contributed by atoms with E-state index < -0.39 is 0 Å². The average molecular weight is 349 g/mol. The Hall–Kier alpha value is -1.01. The molecule has 0 aromatic carbocycles. The van der Waals surface area contributed by atoms with Crippen LogP contribution >= 0.6 is 0 Å². The number of quaternary nitrogens is 2. The number of aromatic nitrogens is 4. The van der Waals surface area contributed by atoms with E-state index in [9.17, 15) is 0 Å². The molecule has 6 heteroatoms. The van der Waals surface area contributed by atoms with Crippen LogP contribution in [0.1, 0.15) is 83.1 Å². The highest BCUT2D eigenvalue weighted by Gasteiger charge is 2.39. The van der Waals surface area contributed by atoms with E-state index in [-0.39, 0.29) is 0 Å². The van der Waals surface area contributed by atoms with Gasteiger partial charge >= 0.3 is 0 Å². The Balaban J connectivity index is 1.46. The molecule has 2 aliphatic carbocycles. The first-order valence-electron chi connectivity index (χ1n) is 10.7. The van der Waals surface area contributed by atoms with Crippen molar-refractivity contribution in [1.82, 2.24) is 20.2 Å². The number of nitrogens with one attached hydrogen (secondary N) is 2. The zero-order valence-electron chi connectivity index (χ0n) is 16.1. The molecule has 1 aliphatic heterocycles. The first-order chi connectivity index (χ1) is 12.2. The topological polar surface area (TPSA) is 52.5 Å². The van der Waals surface area contributed by atoms with Crippen LogP contribution in [0, 0.1) is 5.92 Å². The lowest BCUT2D eigenvalue weighted by atomic mass is 10.00. The van der Waals surface area contributed by atoms with Gasteiger partial charge in [0.25, 0.3) is 0 Å². The second kappa shape index (κ2) is 7.70. The lowest BCUT2D eigenvalue weighted by Crippen LogP contribution is -3.29. The van der Waals surface area contributed by atoms with Gasteiger partial charge in [-0.3, -0.25) is 0 Å². The van der Waals surface area contributed by atoms with E-state index in [2.05, 4.69) is 34.1 Å². The number of hydrogen-bond donors (Lipinski definition) is 2. The normalized spacial score (nSPS) is 30.4. The lowest BCUT2D eigenvalue weighted by Gasteiger charge is -2.37. The van der Waals surface area contributed by atoms with Crippen molar-refractivity contribution in [3.63, 3.8) is 0 Å². The van der Waals surface area contributed by atoms with E-state index in [0.29, 0.717) is 18.0 Å². The van der Waals surface area contributed by atoms with E-state index in [1.54, 1.807) is 4.90 Å².